The van der Waals surface area contributed by atoms with Gasteiger partial charge in [0.15, 0.2) is 5.96 Å². The average molecular weight is 413 g/mol. The molecule has 30 heavy (non-hydrogen) atoms. The van der Waals surface area contributed by atoms with Crippen LogP contribution < -0.4 is 15.4 Å². The number of aliphatic hydroxyl groups is 1. The predicted octanol–water partition coefficient (Wildman–Crippen LogP) is 3.15. The summed E-state index contributed by atoms with van der Waals surface area (Å²) in [5.74, 6) is 0.839. The molecular formula is C23H29FN4O2. The first-order chi connectivity index (χ1) is 14.6. The van der Waals surface area contributed by atoms with Gasteiger partial charge in [-0.05, 0) is 56.2 Å². The van der Waals surface area contributed by atoms with Crippen molar-refractivity contribution in [2.24, 2.45) is 4.99 Å². The molecule has 1 aromatic heterocycles. The molecule has 0 amide bonds. The van der Waals surface area contributed by atoms with Gasteiger partial charge in [0.05, 0.1) is 6.54 Å². The molecular weight excluding hydrogens is 383 g/mol. The van der Waals surface area contributed by atoms with E-state index in [1.165, 1.54) is 40.9 Å². The van der Waals surface area contributed by atoms with E-state index in [0.717, 1.165) is 25.0 Å². The van der Waals surface area contributed by atoms with E-state index in [2.05, 4.69) is 39.7 Å². The van der Waals surface area contributed by atoms with Crippen molar-refractivity contribution in [3.63, 3.8) is 0 Å². The fraction of sp³-hybridized carbons (Fsp3) is 0.348. The topological polar surface area (TPSA) is 81.7 Å². The number of aryl methyl sites for hydroxylation is 1. The van der Waals surface area contributed by atoms with Crippen LogP contribution in [0.3, 0.4) is 0 Å². The predicted molar refractivity (Wildman–Crippen MR) is 119 cm³/mol. The normalized spacial score (nSPS) is 12.7. The number of para-hydroxylation sites is 1. The second-order valence-corrected chi connectivity index (χ2v) is 7.09. The van der Waals surface area contributed by atoms with E-state index in [0.29, 0.717) is 11.7 Å². The summed E-state index contributed by atoms with van der Waals surface area (Å²) >= 11 is 0. The van der Waals surface area contributed by atoms with E-state index in [1.54, 1.807) is 0 Å². The Morgan fingerprint density at radius 2 is 1.93 bits per heavy atom. The van der Waals surface area contributed by atoms with Gasteiger partial charge in [0.1, 0.15) is 24.3 Å². The zero-order valence-electron chi connectivity index (χ0n) is 17.4. The standard InChI is InChI=1S/C23H29FN4O2/c1-3-25-23(27-14-18(29)15-30-19-10-8-17(24)9-11-19)26-13-12-20-16(2)28-22-7-5-4-6-21(20)22/h4-11,18,28-29H,3,12-15H2,1-2H3,(H2,25,26,27). The highest BCUT2D eigenvalue weighted by atomic mass is 19.1. The van der Waals surface area contributed by atoms with E-state index in [9.17, 15) is 9.50 Å². The van der Waals surface area contributed by atoms with Crippen LogP contribution in [0.1, 0.15) is 18.2 Å². The number of aromatic nitrogens is 1. The van der Waals surface area contributed by atoms with Crippen molar-refractivity contribution in [2.75, 3.05) is 26.2 Å². The number of aliphatic hydroxyl groups excluding tert-OH is 1. The molecule has 1 atom stereocenters. The largest absolute Gasteiger partial charge is 0.491 e. The number of rotatable bonds is 9. The lowest BCUT2D eigenvalue weighted by Gasteiger charge is -2.14. The van der Waals surface area contributed by atoms with Gasteiger partial charge in [-0.3, -0.25) is 4.99 Å². The Bertz CT molecular complexity index is 969. The number of guanidine groups is 1. The number of ether oxygens (including phenoxy) is 1. The average Bonchev–Trinajstić information content (AvgIpc) is 3.06. The zero-order chi connectivity index (χ0) is 21.3. The second-order valence-electron chi connectivity index (χ2n) is 7.09. The fourth-order valence-electron chi connectivity index (χ4n) is 3.28. The summed E-state index contributed by atoms with van der Waals surface area (Å²) in [6.45, 7) is 5.81. The quantitative estimate of drug-likeness (QED) is 0.321. The number of hydrogen-bond donors (Lipinski definition) is 4. The Labute approximate surface area is 176 Å². The summed E-state index contributed by atoms with van der Waals surface area (Å²) in [5, 5.41) is 17.9. The van der Waals surface area contributed by atoms with Crippen molar-refractivity contribution >= 4 is 16.9 Å². The molecule has 0 bridgehead atoms. The van der Waals surface area contributed by atoms with Crippen molar-refractivity contribution in [1.29, 1.82) is 0 Å². The van der Waals surface area contributed by atoms with Crippen LogP contribution in [-0.4, -0.2) is 48.4 Å². The van der Waals surface area contributed by atoms with Crippen LogP contribution in [0.15, 0.2) is 53.5 Å². The van der Waals surface area contributed by atoms with Crippen LogP contribution in [-0.2, 0) is 6.42 Å². The molecule has 160 valence electrons. The van der Waals surface area contributed by atoms with Gasteiger partial charge in [0.2, 0.25) is 0 Å². The summed E-state index contributed by atoms with van der Waals surface area (Å²) < 4.78 is 18.4. The third kappa shape index (κ3) is 5.97. The summed E-state index contributed by atoms with van der Waals surface area (Å²) in [7, 11) is 0. The van der Waals surface area contributed by atoms with Crippen molar-refractivity contribution < 1.29 is 14.2 Å². The molecule has 3 rings (SSSR count). The van der Waals surface area contributed by atoms with Gasteiger partial charge >= 0.3 is 0 Å². The van der Waals surface area contributed by atoms with Gasteiger partial charge in [-0.1, -0.05) is 18.2 Å². The number of nitrogens with zero attached hydrogens (tertiary/aromatic N) is 1. The van der Waals surface area contributed by atoms with Crippen molar-refractivity contribution in [3.8, 4) is 5.75 Å². The summed E-state index contributed by atoms with van der Waals surface area (Å²) in [4.78, 5) is 7.86. The SMILES string of the molecule is CCNC(=NCC(O)COc1ccc(F)cc1)NCCc1c(C)[nH]c2ccccc12. The van der Waals surface area contributed by atoms with Gasteiger partial charge in [0.25, 0.3) is 0 Å². The fourth-order valence-corrected chi connectivity index (χ4v) is 3.28. The minimum Gasteiger partial charge on any atom is -0.491 e. The summed E-state index contributed by atoms with van der Waals surface area (Å²) in [6, 6.07) is 14.0. The Balaban J connectivity index is 1.50. The van der Waals surface area contributed by atoms with Gasteiger partial charge < -0.3 is 25.5 Å². The molecule has 1 unspecified atom stereocenters. The Morgan fingerprint density at radius 3 is 2.70 bits per heavy atom. The number of hydrogen-bond acceptors (Lipinski definition) is 3. The van der Waals surface area contributed by atoms with Crippen LogP contribution in [0.25, 0.3) is 10.9 Å². The Morgan fingerprint density at radius 1 is 1.17 bits per heavy atom. The number of H-pyrrole nitrogens is 1. The molecule has 0 spiro atoms. The third-order valence-electron chi connectivity index (χ3n) is 4.75. The number of benzene rings is 2. The summed E-state index contributed by atoms with van der Waals surface area (Å²) in [6.07, 6.45) is 0.0950. The first-order valence-electron chi connectivity index (χ1n) is 10.2. The number of nitrogens with one attached hydrogen (secondary N) is 3. The maximum Gasteiger partial charge on any atom is 0.191 e. The summed E-state index contributed by atoms with van der Waals surface area (Å²) in [5.41, 5.74) is 3.62. The maximum atomic E-state index is 12.9. The Kier molecular flexibility index (Phi) is 7.68. The molecule has 0 aliphatic carbocycles. The van der Waals surface area contributed by atoms with E-state index in [1.807, 2.05) is 19.1 Å². The highest BCUT2D eigenvalue weighted by Crippen LogP contribution is 2.21. The van der Waals surface area contributed by atoms with Crippen LogP contribution in [0.2, 0.25) is 0 Å². The zero-order valence-corrected chi connectivity index (χ0v) is 17.4. The molecule has 1 heterocycles. The molecule has 0 saturated heterocycles. The Hall–Kier alpha value is -3.06. The van der Waals surface area contributed by atoms with Gasteiger partial charge in [0, 0.05) is 29.7 Å². The monoisotopic (exact) mass is 412 g/mol. The van der Waals surface area contributed by atoms with Gasteiger partial charge in [-0.15, -0.1) is 0 Å². The van der Waals surface area contributed by atoms with E-state index in [4.69, 9.17) is 4.74 Å². The molecule has 3 aromatic rings. The first-order valence-corrected chi connectivity index (χ1v) is 10.2. The van der Waals surface area contributed by atoms with Crippen LogP contribution in [0.5, 0.6) is 5.75 Å². The molecule has 0 fully saturated rings. The molecule has 7 heteroatoms. The minimum atomic E-state index is -0.763. The van der Waals surface area contributed by atoms with E-state index < -0.39 is 6.10 Å². The van der Waals surface area contributed by atoms with Crippen LogP contribution in [0.4, 0.5) is 4.39 Å². The maximum absolute atomic E-state index is 12.9. The highest BCUT2D eigenvalue weighted by Gasteiger charge is 2.09. The minimum absolute atomic E-state index is 0.0864. The number of aliphatic imine (C=N–C) groups is 1. The van der Waals surface area contributed by atoms with Gasteiger partial charge in [-0.2, -0.15) is 0 Å². The molecule has 6 nitrogen and oxygen atoms in total. The van der Waals surface area contributed by atoms with Gasteiger partial charge in [-0.25, -0.2) is 4.39 Å². The molecule has 4 N–H and O–H groups in total. The van der Waals surface area contributed by atoms with E-state index in [-0.39, 0.29) is 19.0 Å². The van der Waals surface area contributed by atoms with Crippen molar-refractivity contribution in [2.45, 2.75) is 26.4 Å². The van der Waals surface area contributed by atoms with E-state index >= 15 is 0 Å². The van der Waals surface area contributed by atoms with Crippen LogP contribution in [0, 0.1) is 12.7 Å². The lowest BCUT2D eigenvalue weighted by molar-refractivity contribution is 0.114. The molecule has 0 saturated carbocycles. The number of aromatic amines is 1. The number of fused-ring (bicyclic) bond motifs is 1. The van der Waals surface area contributed by atoms with Crippen molar-refractivity contribution in [1.82, 2.24) is 15.6 Å². The first kappa shape index (κ1) is 21.6. The third-order valence-corrected chi connectivity index (χ3v) is 4.75. The number of halogens is 1. The van der Waals surface area contributed by atoms with Crippen LogP contribution >= 0.6 is 0 Å². The molecule has 0 aliphatic heterocycles. The highest BCUT2D eigenvalue weighted by molar-refractivity contribution is 5.84. The second kappa shape index (κ2) is 10.6. The lowest BCUT2D eigenvalue weighted by atomic mass is 10.1. The molecule has 0 aliphatic rings. The lowest BCUT2D eigenvalue weighted by Crippen LogP contribution is -2.39. The van der Waals surface area contributed by atoms with Crippen molar-refractivity contribution in [3.05, 3.63) is 65.6 Å². The smallest absolute Gasteiger partial charge is 0.191 e. The molecule has 2 aromatic carbocycles. The molecule has 0 radical (unpaired) electrons.